The van der Waals surface area contributed by atoms with Gasteiger partial charge in [0.05, 0.1) is 11.8 Å². The van der Waals surface area contributed by atoms with Crippen LogP contribution in [0.1, 0.15) is 32.9 Å². The molecule has 0 spiro atoms. The van der Waals surface area contributed by atoms with Gasteiger partial charge in [0.15, 0.2) is 0 Å². The van der Waals surface area contributed by atoms with Crippen molar-refractivity contribution in [2.24, 2.45) is 0 Å². The maximum absolute atomic E-state index is 5.65. The molecule has 0 fully saturated rings. The Morgan fingerprint density at radius 1 is 1.25 bits per heavy atom. The molecule has 0 amide bonds. The van der Waals surface area contributed by atoms with E-state index in [0.29, 0.717) is 0 Å². The van der Waals surface area contributed by atoms with Crippen molar-refractivity contribution >= 4 is 11.3 Å². The Labute approximate surface area is 125 Å². The predicted octanol–water partition coefficient (Wildman–Crippen LogP) is 4.10. The van der Waals surface area contributed by atoms with Crippen molar-refractivity contribution in [2.45, 2.75) is 39.8 Å². The summed E-state index contributed by atoms with van der Waals surface area (Å²) in [6.07, 6.45) is 1.35. The number of aromatic nitrogens is 1. The van der Waals surface area contributed by atoms with Gasteiger partial charge in [-0.1, -0.05) is 6.92 Å². The molecule has 0 aliphatic carbocycles. The van der Waals surface area contributed by atoms with Crippen LogP contribution < -0.4 is 10.1 Å². The van der Waals surface area contributed by atoms with Crippen molar-refractivity contribution in [1.82, 2.24) is 10.3 Å². The van der Waals surface area contributed by atoms with Crippen LogP contribution in [0.3, 0.4) is 0 Å². The van der Waals surface area contributed by atoms with Crippen LogP contribution in [0.15, 0.2) is 29.6 Å². The van der Waals surface area contributed by atoms with E-state index in [1.807, 2.05) is 26.0 Å². The molecule has 1 aromatic carbocycles. The van der Waals surface area contributed by atoms with Gasteiger partial charge in [0, 0.05) is 17.5 Å². The van der Waals surface area contributed by atoms with Crippen molar-refractivity contribution in [2.75, 3.05) is 6.54 Å². The van der Waals surface area contributed by atoms with Gasteiger partial charge in [0.25, 0.3) is 0 Å². The summed E-state index contributed by atoms with van der Waals surface area (Å²) >= 11 is 1.69. The van der Waals surface area contributed by atoms with Gasteiger partial charge in [-0.15, -0.1) is 11.3 Å². The fourth-order valence-corrected chi connectivity index (χ4v) is 2.69. The molecule has 0 saturated heterocycles. The molecule has 1 aromatic heterocycles. The molecule has 0 aliphatic rings. The quantitative estimate of drug-likeness (QED) is 0.780. The number of hydrogen-bond acceptors (Lipinski definition) is 4. The first-order valence-corrected chi connectivity index (χ1v) is 7.99. The number of nitrogens with one attached hydrogen (secondary N) is 1. The average molecular weight is 290 g/mol. The van der Waals surface area contributed by atoms with Crippen LogP contribution in [-0.4, -0.2) is 17.6 Å². The standard InChI is InChI=1S/C16H22N2OS/c1-4-9-17-10-14-11-20-16(18-14)13-5-7-15(8-6-13)19-12(2)3/h5-8,11-12,17H,4,9-10H2,1-3H3. The highest BCUT2D eigenvalue weighted by Crippen LogP contribution is 2.26. The highest BCUT2D eigenvalue weighted by molar-refractivity contribution is 7.13. The van der Waals surface area contributed by atoms with E-state index in [1.54, 1.807) is 11.3 Å². The molecule has 108 valence electrons. The number of ether oxygens (including phenoxy) is 1. The van der Waals surface area contributed by atoms with Gasteiger partial charge in [-0.05, 0) is 51.1 Å². The Bertz CT molecular complexity index is 520. The smallest absolute Gasteiger partial charge is 0.123 e. The largest absolute Gasteiger partial charge is 0.491 e. The molecule has 1 heterocycles. The molecule has 0 unspecified atom stereocenters. The van der Waals surface area contributed by atoms with E-state index in [2.05, 4.69) is 34.7 Å². The molecule has 2 rings (SSSR count). The molecular formula is C16H22N2OS. The van der Waals surface area contributed by atoms with E-state index in [4.69, 9.17) is 4.74 Å². The zero-order valence-electron chi connectivity index (χ0n) is 12.3. The van der Waals surface area contributed by atoms with E-state index in [9.17, 15) is 0 Å². The molecule has 20 heavy (non-hydrogen) atoms. The van der Waals surface area contributed by atoms with Gasteiger partial charge in [-0.25, -0.2) is 4.98 Å². The molecule has 0 atom stereocenters. The zero-order valence-corrected chi connectivity index (χ0v) is 13.2. The molecule has 3 nitrogen and oxygen atoms in total. The lowest BCUT2D eigenvalue weighted by atomic mass is 10.2. The van der Waals surface area contributed by atoms with Gasteiger partial charge in [-0.3, -0.25) is 0 Å². The first-order valence-electron chi connectivity index (χ1n) is 7.11. The van der Waals surface area contributed by atoms with E-state index in [0.717, 1.165) is 41.5 Å². The topological polar surface area (TPSA) is 34.1 Å². The fraction of sp³-hybridized carbons (Fsp3) is 0.438. The highest BCUT2D eigenvalue weighted by Gasteiger charge is 2.05. The Morgan fingerprint density at radius 2 is 2.00 bits per heavy atom. The summed E-state index contributed by atoms with van der Waals surface area (Å²) in [5, 5.41) is 6.56. The van der Waals surface area contributed by atoms with E-state index >= 15 is 0 Å². The van der Waals surface area contributed by atoms with Gasteiger partial charge < -0.3 is 10.1 Å². The van der Waals surface area contributed by atoms with Gasteiger partial charge in [0.1, 0.15) is 10.8 Å². The SMILES string of the molecule is CCCNCc1csc(-c2ccc(OC(C)C)cc2)n1. The Morgan fingerprint density at radius 3 is 2.65 bits per heavy atom. The van der Waals surface area contributed by atoms with Crippen LogP contribution in [0.5, 0.6) is 5.75 Å². The van der Waals surface area contributed by atoms with Crippen LogP contribution in [0.25, 0.3) is 10.6 Å². The normalized spacial score (nSPS) is 11.0. The molecule has 4 heteroatoms. The molecular weight excluding hydrogens is 268 g/mol. The maximum Gasteiger partial charge on any atom is 0.123 e. The Hall–Kier alpha value is -1.39. The molecule has 0 saturated carbocycles. The second-order valence-electron chi connectivity index (χ2n) is 5.01. The summed E-state index contributed by atoms with van der Waals surface area (Å²) in [5.41, 5.74) is 2.26. The molecule has 0 aliphatic heterocycles. The third-order valence-corrected chi connectivity index (χ3v) is 3.70. The number of rotatable bonds is 7. The van der Waals surface area contributed by atoms with E-state index in [1.165, 1.54) is 0 Å². The summed E-state index contributed by atoms with van der Waals surface area (Å²) in [6, 6.07) is 8.15. The second-order valence-corrected chi connectivity index (χ2v) is 5.87. The zero-order chi connectivity index (χ0) is 14.4. The Kier molecular flexibility index (Phi) is 5.56. The highest BCUT2D eigenvalue weighted by atomic mass is 32.1. The number of nitrogens with zero attached hydrogens (tertiary/aromatic N) is 1. The maximum atomic E-state index is 5.65. The molecule has 2 aromatic rings. The first kappa shape index (κ1) is 15.0. The number of benzene rings is 1. The van der Waals surface area contributed by atoms with E-state index < -0.39 is 0 Å². The van der Waals surface area contributed by atoms with Crippen molar-refractivity contribution in [3.05, 3.63) is 35.3 Å². The van der Waals surface area contributed by atoms with Crippen LogP contribution >= 0.6 is 11.3 Å². The van der Waals surface area contributed by atoms with Crippen LogP contribution in [0, 0.1) is 0 Å². The third kappa shape index (κ3) is 4.32. The first-order chi connectivity index (χ1) is 9.69. The number of thiazole rings is 1. The van der Waals surface area contributed by atoms with Crippen LogP contribution in [0.4, 0.5) is 0 Å². The minimum atomic E-state index is 0.206. The average Bonchev–Trinajstić information content (AvgIpc) is 2.88. The molecule has 0 bridgehead atoms. The van der Waals surface area contributed by atoms with Crippen molar-refractivity contribution in [3.8, 4) is 16.3 Å². The fourth-order valence-electron chi connectivity index (χ4n) is 1.86. The number of hydrogen-bond donors (Lipinski definition) is 1. The predicted molar refractivity (Wildman–Crippen MR) is 85.3 cm³/mol. The third-order valence-electron chi connectivity index (χ3n) is 2.76. The van der Waals surface area contributed by atoms with Crippen molar-refractivity contribution < 1.29 is 4.74 Å². The monoisotopic (exact) mass is 290 g/mol. The summed E-state index contributed by atoms with van der Waals surface area (Å²) in [6.45, 7) is 8.11. The summed E-state index contributed by atoms with van der Waals surface area (Å²) < 4.78 is 5.65. The lowest BCUT2D eigenvalue weighted by Gasteiger charge is -2.09. The van der Waals surface area contributed by atoms with Gasteiger partial charge in [-0.2, -0.15) is 0 Å². The lowest BCUT2D eigenvalue weighted by Crippen LogP contribution is -2.13. The van der Waals surface area contributed by atoms with E-state index in [-0.39, 0.29) is 6.10 Å². The summed E-state index contributed by atoms with van der Waals surface area (Å²) in [4.78, 5) is 4.66. The van der Waals surface area contributed by atoms with Crippen molar-refractivity contribution in [1.29, 1.82) is 0 Å². The molecule has 0 radical (unpaired) electrons. The Balaban J connectivity index is 2.00. The summed E-state index contributed by atoms with van der Waals surface area (Å²) in [7, 11) is 0. The van der Waals surface area contributed by atoms with Crippen LogP contribution in [-0.2, 0) is 6.54 Å². The van der Waals surface area contributed by atoms with Crippen molar-refractivity contribution in [3.63, 3.8) is 0 Å². The molecule has 1 N–H and O–H groups in total. The second kappa shape index (κ2) is 7.41. The van der Waals surface area contributed by atoms with Gasteiger partial charge in [0.2, 0.25) is 0 Å². The lowest BCUT2D eigenvalue weighted by molar-refractivity contribution is 0.242. The minimum absolute atomic E-state index is 0.206. The minimum Gasteiger partial charge on any atom is -0.491 e. The summed E-state index contributed by atoms with van der Waals surface area (Å²) in [5.74, 6) is 0.908. The van der Waals surface area contributed by atoms with Crippen LogP contribution in [0.2, 0.25) is 0 Å². The van der Waals surface area contributed by atoms with Gasteiger partial charge >= 0.3 is 0 Å².